The zero-order valence-corrected chi connectivity index (χ0v) is 17.6. The van der Waals surface area contributed by atoms with Crippen LogP contribution in [0.25, 0.3) is 10.6 Å². The van der Waals surface area contributed by atoms with Crippen molar-refractivity contribution in [3.05, 3.63) is 28.6 Å². The average Bonchev–Trinajstić information content (AvgIpc) is 3.39. The van der Waals surface area contributed by atoms with Gasteiger partial charge in [-0.1, -0.05) is 11.3 Å². The van der Waals surface area contributed by atoms with Crippen LogP contribution < -0.4 is 10.6 Å². The van der Waals surface area contributed by atoms with E-state index in [-0.39, 0.29) is 29.5 Å². The maximum Gasteiger partial charge on any atom is 0.270 e. The van der Waals surface area contributed by atoms with Crippen LogP contribution in [0.1, 0.15) is 58.8 Å². The van der Waals surface area contributed by atoms with Crippen LogP contribution in [0.5, 0.6) is 0 Å². The van der Waals surface area contributed by atoms with E-state index in [9.17, 15) is 14.4 Å². The molecule has 1 aliphatic heterocycles. The fraction of sp³-hybridized carbons (Fsp3) is 0.450. The summed E-state index contributed by atoms with van der Waals surface area (Å²) in [6, 6.07) is 2.02. The summed E-state index contributed by atoms with van der Waals surface area (Å²) in [5.74, 6) is -0.180. The molecule has 1 fully saturated rings. The van der Waals surface area contributed by atoms with Crippen molar-refractivity contribution in [2.45, 2.75) is 46.2 Å². The van der Waals surface area contributed by atoms with Crippen LogP contribution in [0.2, 0.25) is 0 Å². The minimum Gasteiger partial charge on any atom is -0.354 e. The lowest BCUT2D eigenvalue weighted by Crippen LogP contribution is -2.35. The molecule has 2 aliphatic rings. The number of carbonyl (C=O) groups excluding carboxylic acids is 3. The van der Waals surface area contributed by atoms with Gasteiger partial charge < -0.3 is 15.5 Å². The number of pyridine rings is 1. The van der Waals surface area contributed by atoms with E-state index in [1.807, 2.05) is 17.9 Å². The first-order valence-electron chi connectivity index (χ1n) is 9.62. The molecular weight excluding hydrogens is 390 g/mol. The molecule has 1 saturated carbocycles. The normalized spacial score (nSPS) is 16.6. The molecule has 2 aromatic rings. The Morgan fingerprint density at radius 2 is 2.03 bits per heavy atom. The molecule has 0 unspecified atom stereocenters. The van der Waals surface area contributed by atoms with Crippen LogP contribution in [0.15, 0.2) is 6.07 Å². The summed E-state index contributed by atoms with van der Waals surface area (Å²) in [6.45, 7) is 5.80. The second kappa shape index (κ2) is 7.22. The number of thiazole rings is 1. The fourth-order valence-electron chi connectivity index (χ4n) is 3.76. The van der Waals surface area contributed by atoms with Gasteiger partial charge in [0.05, 0.1) is 21.8 Å². The van der Waals surface area contributed by atoms with Crippen molar-refractivity contribution in [2.75, 3.05) is 12.4 Å². The second-order valence-electron chi connectivity index (χ2n) is 7.60. The molecule has 2 aromatic heterocycles. The highest BCUT2D eigenvalue weighted by Gasteiger charge is 2.41. The SMILES string of the molecule is CNC(=O)c1nc(-c2sc(NC(C)=O)nc2C)cc2c1C(=O)N([C@@H](C)C1CC1)C2. The minimum atomic E-state index is -0.387. The van der Waals surface area contributed by atoms with E-state index in [4.69, 9.17) is 0 Å². The molecular formula is C20H23N5O3S. The number of hydrogen-bond acceptors (Lipinski definition) is 6. The molecule has 2 N–H and O–H groups in total. The number of nitrogens with one attached hydrogen (secondary N) is 2. The van der Waals surface area contributed by atoms with E-state index < -0.39 is 0 Å². The molecule has 8 nitrogen and oxygen atoms in total. The van der Waals surface area contributed by atoms with Gasteiger partial charge in [0, 0.05) is 26.6 Å². The number of aryl methyl sites for hydroxylation is 1. The summed E-state index contributed by atoms with van der Waals surface area (Å²) in [5.41, 5.74) is 2.64. The number of aromatic nitrogens is 2. The highest BCUT2D eigenvalue weighted by atomic mass is 32.1. The lowest BCUT2D eigenvalue weighted by atomic mass is 10.1. The Kier molecular flexibility index (Phi) is 4.85. The number of amides is 3. The largest absolute Gasteiger partial charge is 0.354 e. The Balaban J connectivity index is 1.78. The molecule has 0 aromatic carbocycles. The maximum atomic E-state index is 13.1. The summed E-state index contributed by atoms with van der Waals surface area (Å²) < 4.78 is 0. The van der Waals surface area contributed by atoms with Crippen molar-refractivity contribution in [1.29, 1.82) is 0 Å². The van der Waals surface area contributed by atoms with Crippen molar-refractivity contribution in [3.8, 4) is 10.6 Å². The Morgan fingerprint density at radius 3 is 2.66 bits per heavy atom. The predicted molar refractivity (Wildman–Crippen MR) is 110 cm³/mol. The fourth-order valence-corrected chi connectivity index (χ4v) is 4.73. The molecule has 9 heteroatoms. The average molecular weight is 414 g/mol. The third-order valence-electron chi connectivity index (χ3n) is 5.47. The van der Waals surface area contributed by atoms with Gasteiger partial charge in [-0.2, -0.15) is 0 Å². The van der Waals surface area contributed by atoms with Gasteiger partial charge in [0.1, 0.15) is 5.69 Å². The Labute approximate surface area is 172 Å². The third-order valence-corrected chi connectivity index (χ3v) is 6.56. The highest BCUT2D eigenvalue weighted by molar-refractivity contribution is 7.19. The monoisotopic (exact) mass is 413 g/mol. The predicted octanol–water partition coefficient (Wildman–Crippen LogP) is 2.59. The van der Waals surface area contributed by atoms with Gasteiger partial charge in [-0.05, 0) is 44.2 Å². The van der Waals surface area contributed by atoms with Crippen molar-refractivity contribution in [3.63, 3.8) is 0 Å². The summed E-state index contributed by atoms with van der Waals surface area (Å²) in [5, 5.41) is 5.76. The first kappa shape index (κ1) is 19.5. The number of fused-ring (bicyclic) bond motifs is 1. The van der Waals surface area contributed by atoms with E-state index in [0.29, 0.717) is 34.5 Å². The van der Waals surface area contributed by atoms with Crippen LogP contribution in [0.3, 0.4) is 0 Å². The maximum absolute atomic E-state index is 13.1. The highest BCUT2D eigenvalue weighted by Crippen LogP contribution is 2.40. The molecule has 3 amide bonds. The molecule has 152 valence electrons. The van der Waals surface area contributed by atoms with Crippen molar-refractivity contribution >= 4 is 34.2 Å². The van der Waals surface area contributed by atoms with Crippen LogP contribution in [-0.4, -0.2) is 45.7 Å². The number of carbonyl (C=O) groups is 3. The molecule has 0 spiro atoms. The van der Waals surface area contributed by atoms with Crippen molar-refractivity contribution in [1.82, 2.24) is 20.2 Å². The summed E-state index contributed by atoms with van der Waals surface area (Å²) in [6.07, 6.45) is 2.28. The summed E-state index contributed by atoms with van der Waals surface area (Å²) in [7, 11) is 1.53. The smallest absolute Gasteiger partial charge is 0.270 e. The summed E-state index contributed by atoms with van der Waals surface area (Å²) in [4.78, 5) is 48.5. The summed E-state index contributed by atoms with van der Waals surface area (Å²) >= 11 is 1.30. The van der Waals surface area contributed by atoms with Gasteiger partial charge in [-0.3, -0.25) is 14.4 Å². The van der Waals surface area contributed by atoms with Gasteiger partial charge >= 0.3 is 0 Å². The van der Waals surface area contributed by atoms with Crippen LogP contribution in [0.4, 0.5) is 5.13 Å². The molecule has 0 saturated heterocycles. The first-order valence-corrected chi connectivity index (χ1v) is 10.4. The van der Waals surface area contributed by atoms with Gasteiger partial charge in [0.25, 0.3) is 11.8 Å². The molecule has 0 bridgehead atoms. The second-order valence-corrected chi connectivity index (χ2v) is 8.59. The molecule has 29 heavy (non-hydrogen) atoms. The van der Waals surface area contributed by atoms with Gasteiger partial charge in [-0.15, -0.1) is 0 Å². The minimum absolute atomic E-state index is 0.128. The number of nitrogens with zero attached hydrogens (tertiary/aromatic N) is 3. The lowest BCUT2D eigenvalue weighted by Gasteiger charge is -2.23. The van der Waals surface area contributed by atoms with E-state index in [1.165, 1.54) is 25.3 Å². The quantitative estimate of drug-likeness (QED) is 0.784. The standard InChI is InChI=1S/C20H23N5O3S/c1-9-17(29-20(22-9)23-11(3)26)14-7-13-8-25(10(2)12-5-6-12)19(28)15(13)16(24-14)18(27)21-4/h7,10,12H,5-6,8H2,1-4H3,(H,21,27)(H,22,23,26)/t10-/m0/s1. The zero-order valence-electron chi connectivity index (χ0n) is 16.8. The van der Waals surface area contributed by atoms with E-state index >= 15 is 0 Å². The van der Waals surface area contributed by atoms with Crippen molar-refractivity contribution < 1.29 is 14.4 Å². The van der Waals surface area contributed by atoms with Crippen LogP contribution >= 0.6 is 11.3 Å². The van der Waals surface area contributed by atoms with Gasteiger partial charge in [0.15, 0.2) is 5.13 Å². The van der Waals surface area contributed by atoms with Gasteiger partial charge in [-0.25, -0.2) is 9.97 Å². The van der Waals surface area contributed by atoms with Crippen LogP contribution in [-0.2, 0) is 11.3 Å². The van der Waals surface area contributed by atoms with Crippen molar-refractivity contribution in [2.24, 2.45) is 5.92 Å². The molecule has 3 heterocycles. The number of hydrogen-bond donors (Lipinski definition) is 2. The van der Waals surface area contributed by atoms with E-state index in [0.717, 1.165) is 23.3 Å². The molecule has 1 atom stereocenters. The molecule has 4 rings (SSSR count). The van der Waals surface area contributed by atoms with E-state index in [2.05, 4.69) is 27.5 Å². The third kappa shape index (κ3) is 3.50. The molecule has 0 radical (unpaired) electrons. The Morgan fingerprint density at radius 1 is 1.31 bits per heavy atom. The van der Waals surface area contributed by atoms with E-state index in [1.54, 1.807) is 0 Å². The lowest BCUT2D eigenvalue weighted by molar-refractivity contribution is -0.114. The first-order chi connectivity index (χ1) is 13.8. The Hall–Kier alpha value is -2.81. The Bertz CT molecular complexity index is 1030. The van der Waals surface area contributed by atoms with Crippen LogP contribution in [0, 0.1) is 12.8 Å². The number of rotatable bonds is 5. The topological polar surface area (TPSA) is 104 Å². The van der Waals surface area contributed by atoms with Gasteiger partial charge in [0.2, 0.25) is 5.91 Å². The number of anilines is 1. The molecule has 1 aliphatic carbocycles. The zero-order chi connectivity index (χ0) is 20.9.